The summed E-state index contributed by atoms with van der Waals surface area (Å²) in [7, 11) is 0. The Kier molecular flexibility index (Phi) is 6.10. The third-order valence-electron chi connectivity index (χ3n) is 2.32. The molecule has 0 radical (unpaired) electrons. The number of amides is 1. The summed E-state index contributed by atoms with van der Waals surface area (Å²) in [5.41, 5.74) is 0.556. The van der Waals surface area contributed by atoms with Gasteiger partial charge in [-0.2, -0.15) is 0 Å². The van der Waals surface area contributed by atoms with Crippen LogP contribution in [0.4, 0.5) is 4.79 Å². The molecule has 1 atom stereocenters. The predicted octanol–water partition coefficient (Wildman–Crippen LogP) is 3.63. The van der Waals surface area contributed by atoms with Crippen LogP contribution in [0.3, 0.4) is 0 Å². The first kappa shape index (κ1) is 16.1. The second kappa shape index (κ2) is 7.58. The summed E-state index contributed by atoms with van der Waals surface area (Å²) in [6.07, 6.45) is 2.97. The number of benzene rings is 1. The van der Waals surface area contributed by atoms with Gasteiger partial charge in [0.1, 0.15) is 5.60 Å². The van der Waals surface area contributed by atoms with Crippen LogP contribution in [0.5, 0.6) is 0 Å². The number of carbonyl (C=O) groups excluding carboxylic acids is 1. The molecule has 0 heterocycles. The zero-order chi connectivity index (χ0) is 15.0. The Morgan fingerprint density at radius 1 is 1.30 bits per heavy atom. The molecule has 1 N–H and O–H groups in total. The van der Waals surface area contributed by atoms with E-state index in [9.17, 15) is 4.79 Å². The summed E-state index contributed by atoms with van der Waals surface area (Å²) in [6.45, 7) is 7.33. The van der Waals surface area contributed by atoms with E-state index in [0.29, 0.717) is 6.42 Å². The first-order valence-corrected chi connectivity index (χ1v) is 6.71. The first-order valence-electron chi connectivity index (χ1n) is 6.71. The fraction of sp³-hybridized carbons (Fsp3) is 0.438. The van der Waals surface area contributed by atoms with Crippen molar-refractivity contribution < 1.29 is 14.3 Å². The number of hydrogen-bond acceptors (Lipinski definition) is 3. The molecule has 1 unspecified atom stereocenters. The molecule has 1 aromatic rings. The Morgan fingerprint density at radius 2 is 1.95 bits per heavy atom. The van der Waals surface area contributed by atoms with Crippen LogP contribution in [0, 0.1) is 0 Å². The minimum Gasteiger partial charge on any atom is -0.478 e. The topological polar surface area (TPSA) is 47.6 Å². The monoisotopic (exact) mass is 277 g/mol. The summed E-state index contributed by atoms with van der Waals surface area (Å²) in [6, 6.07) is 9.84. The van der Waals surface area contributed by atoms with E-state index >= 15 is 0 Å². The van der Waals surface area contributed by atoms with Crippen molar-refractivity contribution in [2.75, 3.05) is 0 Å². The van der Waals surface area contributed by atoms with Crippen molar-refractivity contribution in [3.63, 3.8) is 0 Å². The van der Waals surface area contributed by atoms with Gasteiger partial charge in [0, 0.05) is 6.42 Å². The molecule has 0 bridgehead atoms. The Labute approximate surface area is 120 Å². The summed E-state index contributed by atoms with van der Waals surface area (Å²) in [5, 5.41) is 2.72. The van der Waals surface area contributed by atoms with E-state index in [1.54, 1.807) is 12.3 Å². The van der Waals surface area contributed by atoms with Crippen LogP contribution in [0.1, 0.15) is 33.3 Å². The summed E-state index contributed by atoms with van der Waals surface area (Å²) in [5.74, 6) is 0. The molecule has 0 spiro atoms. The number of alkyl carbamates (subject to hydrolysis) is 1. The number of hydrogen-bond donors (Lipinski definition) is 1. The van der Waals surface area contributed by atoms with Crippen LogP contribution in [0.25, 0.3) is 0 Å². The average molecular weight is 277 g/mol. The van der Waals surface area contributed by atoms with Crippen molar-refractivity contribution in [2.24, 2.45) is 0 Å². The number of nitrogens with one attached hydrogen (secondary N) is 1. The van der Waals surface area contributed by atoms with Crippen molar-refractivity contribution in [1.82, 2.24) is 5.32 Å². The largest absolute Gasteiger partial charge is 0.478 e. The molecule has 20 heavy (non-hydrogen) atoms. The molecule has 4 nitrogen and oxygen atoms in total. The fourth-order valence-corrected chi connectivity index (χ4v) is 1.57. The molecule has 0 aliphatic carbocycles. The van der Waals surface area contributed by atoms with Crippen LogP contribution >= 0.6 is 0 Å². The van der Waals surface area contributed by atoms with Gasteiger partial charge in [-0.25, -0.2) is 4.79 Å². The van der Waals surface area contributed by atoms with Gasteiger partial charge in [0.05, 0.1) is 6.26 Å². The standard InChI is InChI=1S/C16H23NO3/c1-5-11-19-14(12-13-9-7-6-8-10-13)17-15(18)20-16(2,3)4/h5-11,14H,12H2,1-4H3,(H,17,18)/b11-5-. The van der Waals surface area contributed by atoms with Crippen LogP contribution in [-0.2, 0) is 15.9 Å². The van der Waals surface area contributed by atoms with Gasteiger partial charge in [-0.1, -0.05) is 36.4 Å². The minimum absolute atomic E-state index is 0.455. The van der Waals surface area contributed by atoms with Crippen LogP contribution in [0.2, 0.25) is 0 Å². The van der Waals surface area contributed by atoms with E-state index in [0.717, 1.165) is 5.56 Å². The first-order chi connectivity index (χ1) is 9.40. The van der Waals surface area contributed by atoms with E-state index in [2.05, 4.69) is 5.32 Å². The van der Waals surface area contributed by atoms with Gasteiger partial charge in [0.2, 0.25) is 0 Å². The maximum Gasteiger partial charge on any atom is 0.410 e. The molecular weight excluding hydrogens is 254 g/mol. The van der Waals surface area contributed by atoms with E-state index in [4.69, 9.17) is 9.47 Å². The maximum absolute atomic E-state index is 11.8. The molecule has 0 aliphatic rings. The highest BCUT2D eigenvalue weighted by Crippen LogP contribution is 2.09. The predicted molar refractivity (Wildman–Crippen MR) is 79.2 cm³/mol. The third kappa shape index (κ3) is 6.83. The smallest absolute Gasteiger partial charge is 0.410 e. The molecule has 110 valence electrons. The van der Waals surface area contributed by atoms with Crippen LogP contribution < -0.4 is 5.32 Å². The van der Waals surface area contributed by atoms with E-state index in [-0.39, 0.29) is 0 Å². The minimum atomic E-state index is -0.526. The van der Waals surface area contributed by atoms with Gasteiger partial charge in [-0.3, -0.25) is 5.32 Å². The second-order valence-electron chi connectivity index (χ2n) is 5.43. The summed E-state index contributed by atoms with van der Waals surface area (Å²) >= 11 is 0. The number of ether oxygens (including phenoxy) is 2. The fourth-order valence-electron chi connectivity index (χ4n) is 1.57. The van der Waals surface area contributed by atoms with Gasteiger partial charge in [0.15, 0.2) is 6.23 Å². The highest BCUT2D eigenvalue weighted by atomic mass is 16.6. The molecule has 1 rings (SSSR count). The number of allylic oxidation sites excluding steroid dienone is 1. The van der Waals surface area contributed by atoms with Crippen LogP contribution in [0.15, 0.2) is 42.7 Å². The zero-order valence-electron chi connectivity index (χ0n) is 12.6. The van der Waals surface area contributed by atoms with Gasteiger partial charge < -0.3 is 9.47 Å². The lowest BCUT2D eigenvalue weighted by Crippen LogP contribution is -2.41. The van der Waals surface area contributed by atoms with Crippen molar-refractivity contribution >= 4 is 6.09 Å². The van der Waals surface area contributed by atoms with Gasteiger partial charge in [-0.05, 0) is 33.3 Å². The molecule has 0 fully saturated rings. The molecule has 1 aromatic carbocycles. The SMILES string of the molecule is C/C=C\OC(Cc1ccccc1)NC(=O)OC(C)(C)C. The van der Waals surface area contributed by atoms with E-state index in [1.165, 1.54) is 0 Å². The Balaban J connectivity index is 2.62. The van der Waals surface area contributed by atoms with Crippen molar-refractivity contribution in [3.05, 3.63) is 48.2 Å². The Hall–Kier alpha value is -1.97. The number of carbonyl (C=O) groups is 1. The van der Waals surface area contributed by atoms with Crippen molar-refractivity contribution in [3.8, 4) is 0 Å². The second-order valence-corrected chi connectivity index (χ2v) is 5.43. The number of rotatable bonds is 5. The van der Waals surface area contributed by atoms with Crippen molar-refractivity contribution in [2.45, 2.75) is 45.9 Å². The normalized spacial score (nSPS) is 13.0. The average Bonchev–Trinajstić information content (AvgIpc) is 2.35. The van der Waals surface area contributed by atoms with Gasteiger partial charge in [-0.15, -0.1) is 0 Å². The highest BCUT2D eigenvalue weighted by molar-refractivity contribution is 5.67. The lowest BCUT2D eigenvalue weighted by atomic mass is 10.1. The lowest BCUT2D eigenvalue weighted by Gasteiger charge is -2.23. The zero-order valence-corrected chi connectivity index (χ0v) is 12.6. The molecular formula is C16H23NO3. The molecule has 4 heteroatoms. The summed E-state index contributed by atoms with van der Waals surface area (Å²) < 4.78 is 10.7. The molecule has 0 saturated heterocycles. The molecule has 0 aromatic heterocycles. The van der Waals surface area contributed by atoms with Gasteiger partial charge >= 0.3 is 6.09 Å². The molecule has 0 saturated carbocycles. The quantitative estimate of drug-likeness (QED) is 0.660. The third-order valence-corrected chi connectivity index (χ3v) is 2.32. The maximum atomic E-state index is 11.8. The van der Waals surface area contributed by atoms with Crippen LogP contribution in [-0.4, -0.2) is 17.9 Å². The van der Waals surface area contributed by atoms with Crippen molar-refractivity contribution in [1.29, 1.82) is 0 Å². The molecule has 0 aliphatic heterocycles. The Morgan fingerprint density at radius 3 is 2.50 bits per heavy atom. The Bertz CT molecular complexity index is 435. The summed E-state index contributed by atoms with van der Waals surface area (Å²) in [4.78, 5) is 11.8. The van der Waals surface area contributed by atoms with Gasteiger partial charge in [0.25, 0.3) is 0 Å². The molecule has 1 amide bonds. The lowest BCUT2D eigenvalue weighted by molar-refractivity contribution is 0.0325. The van der Waals surface area contributed by atoms with E-state index in [1.807, 2.05) is 58.0 Å². The highest BCUT2D eigenvalue weighted by Gasteiger charge is 2.19. The van der Waals surface area contributed by atoms with E-state index < -0.39 is 17.9 Å².